The minimum atomic E-state index is 0.355. The Morgan fingerprint density at radius 1 is 1.26 bits per heavy atom. The molecule has 1 aromatic carbocycles. The number of para-hydroxylation sites is 1. The topological polar surface area (TPSA) is 38.5 Å². The van der Waals surface area contributed by atoms with Gasteiger partial charge in [0, 0.05) is 19.1 Å². The first-order valence-electron chi connectivity index (χ1n) is 7.39. The quantitative estimate of drug-likeness (QED) is 0.886. The fourth-order valence-corrected chi connectivity index (χ4v) is 2.67. The van der Waals surface area contributed by atoms with Crippen LogP contribution in [0.1, 0.15) is 32.3 Å². The molecule has 2 rings (SSSR count). The molecule has 0 bridgehead atoms. The smallest absolute Gasteiger partial charge is 0.122 e. The molecule has 1 aromatic rings. The number of piperidine rings is 1. The van der Waals surface area contributed by atoms with Gasteiger partial charge in [-0.15, -0.1) is 0 Å². The van der Waals surface area contributed by atoms with Crippen molar-refractivity contribution in [3.8, 4) is 5.75 Å². The molecule has 1 aliphatic heterocycles. The predicted octanol–water partition coefficient (Wildman–Crippen LogP) is 2.44. The van der Waals surface area contributed by atoms with Crippen molar-refractivity contribution in [3.05, 3.63) is 29.8 Å². The third kappa shape index (κ3) is 3.95. The van der Waals surface area contributed by atoms with Crippen molar-refractivity contribution in [2.45, 2.75) is 45.3 Å². The number of likely N-dealkylation sites (tertiary alicyclic amines) is 1. The molecule has 3 heteroatoms. The monoisotopic (exact) mass is 262 g/mol. The maximum atomic E-state index is 6.18. The molecule has 106 valence electrons. The summed E-state index contributed by atoms with van der Waals surface area (Å²) in [6.45, 7) is 7.48. The highest BCUT2D eigenvalue weighted by atomic mass is 16.5. The van der Waals surface area contributed by atoms with Crippen molar-refractivity contribution >= 4 is 0 Å². The molecular weight excluding hydrogens is 236 g/mol. The first-order valence-corrected chi connectivity index (χ1v) is 7.39. The average molecular weight is 262 g/mol. The summed E-state index contributed by atoms with van der Waals surface area (Å²) in [7, 11) is 0. The van der Waals surface area contributed by atoms with E-state index in [0.717, 1.165) is 38.1 Å². The van der Waals surface area contributed by atoms with E-state index in [4.69, 9.17) is 10.5 Å². The van der Waals surface area contributed by atoms with Crippen LogP contribution in [-0.2, 0) is 6.42 Å². The lowest BCUT2D eigenvalue weighted by atomic mass is 10.1. The van der Waals surface area contributed by atoms with Crippen molar-refractivity contribution < 1.29 is 4.74 Å². The summed E-state index contributed by atoms with van der Waals surface area (Å²) in [5.41, 5.74) is 6.88. The second-order valence-electron chi connectivity index (χ2n) is 5.59. The first kappa shape index (κ1) is 14.4. The first-order chi connectivity index (χ1) is 9.20. The number of hydrogen-bond acceptors (Lipinski definition) is 3. The molecule has 0 saturated carbocycles. The van der Waals surface area contributed by atoms with Crippen LogP contribution in [0.4, 0.5) is 0 Å². The molecule has 1 aliphatic rings. The van der Waals surface area contributed by atoms with E-state index >= 15 is 0 Å². The third-order valence-corrected chi connectivity index (χ3v) is 3.89. The van der Waals surface area contributed by atoms with Crippen LogP contribution in [0.15, 0.2) is 24.3 Å². The summed E-state index contributed by atoms with van der Waals surface area (Å²) in [5.74, 6) is 1.02. The van der Waals surface area contributed by atoms with Gasteiger partial charge in [-0.3, -0.25) is 0 Å². The zero-order chi connectivity index (χ0) is 13.7. The highest BCUT2D eigenvalue weighted by molar-refractivity contribution is 5.33. The summed E-state index contributed by atoms with van der Waals surface area (Å²) >= 11 is 0. The minimum Gasteiger partial charge on any atom is -0.490 e. The van der Waals surface area contributed by atoms with E-state index in [9.17, 15) is 0 Å². The number of nitrogens with two attached hydrogens (primary N) is 1. The Morgan fingerprint density at radius 2 is 1.95 bits per heavy atom. The number of nitrogens with zero attached hydrogens (tertiary/aromatic N) is 1. The lowest BCUT2D eigenvalue weighted by Gasteiger charge is -2.34. The van der Waals surface area contributed by atoms with Crippen LogP contribution in [-0.4, -0.2) is 36.7 Å². The van der Waals surface area contributed by atoms with Crippen LogP contribution in [0, 0.1) is 0 Å². The molecule has 19 heavy (non-hydrogen) atoms. The Balaban J connectivity index is 1.92. The van der Waals surface area contributed by atoms with Crippen molar-refractivity contribution in [1.29, 1.82) is 0 Å². The second kappa shape index (κ2) is 6.92. The van der Waals surface area contributed by atoms with E-state index in [1.54, 1.807) is 0 Å². The summed E-state index contributed by atoms with van der Waals surface area (Å²) < 4.78 is 6.18. The number of benzene rings is 1. The Labute approximate surface area is 116 Å². The zero-order valence-electron chi connectivity index (χ0n) is 12.1. The molecule has 0 amide bonds. The van der Waals surface area contributed by atoms with Crippen molar-refractivity contribution in [3.63, 3.8) is 0 Å². The predicted molar refractivity (Wildman–Crippen MR) is 79.6 cm³/mol. The van der Waals surface area contributed by atoms with E-state index in [1.165, 1.54) is 5.56 Å². The Hall–Kier alpha value is -1.06. The average Bonchev–Trinajstić information content (AvgIpc) is 2.42. The van der Waals surface area contributed by atoms with Gasteiger partial charge in [0.15, 0.2) is 0 Å². The highest BCUT2D eigenvalue weighted by Gasteiger charge is 2.22. The fraction of sp³-hybridized carbons (Fsp3) is 0.625. The molecule has 0 radical (unpaired) electrons. The molecule has 0 aliphatic carbocycles. The lowest BCUT2D eigenvalue weighted by Crippen LogP contribution is -2.41. The minimum absolute atomic E-state index is 0.355. The molecule has 1 fully saturated rings. The standard InChI is InChI=1S/C16H26N2O/c1-13(2)18-11-8-15(9-12-18)19-16-6-4-3-5-14(16)7-10-17/h3-6,13,15H,7-12,17H2,1-2H3. The second-order valence-corrected chi connectivity index (χ2v) is 5.59. The van der Waals surface area contributed by atoms with Crippen molar-refractivity contribution in [2.75, 3.05) is 19.6 Å². The van der Waals surface area contributed by atoms with E-state index in [1.807, 2.05) is 6.07 Å². The number of rotatable bonds is 5. The van der Waals surface area contributed by atoms with Gasteiger partial charge in [-0.25, -0.2) is 0 Å². The molecule has 0 spiro atoms. The van der Waals surface area contributed by atoms with Crippen LogP contribution < -0.4 is 10.5 Å². The van der Waals surface area contributed by atoms with Crippen molar-refractivity contribution in [1.82, 2.24) is 4.90 Å². The molecule has 0 aromatic heterocycles. The molecule has 1 heterocycles. The van der Waals surface area contributed by atoms with Gasteiger partial charge in [-0.1, -0.05) is 18.2 Å². The largest absolute Gasteiger partial charge is 0.490 e. The summed E-state index contributed by atoms with van der Waals surface area (Å²) in [6, 6.07) is 8.92. The number of ether oxygens (including phenoxy) is 1. The fourth-order valence-electron chi connectivity index (χ4n) is 2.67. The molecule has 3 nitrogen and oxygen atoms in total. The molecular formula is C16H26N2O. The van der Waals surface area contributed by atoms with Crippen LogP contribution >= 0.6 is 0 Å². The van der Waals surface area contributed by atoms with Gasteiger partial charge in [-0.2, -0.15) is 0 Å². The van der Waals surface area contributed by atoms with Crippen molar-refractivity contribution in [2.24, 2.45) is 5.73 Å². The van der Waals surface area contributed by atoms with Crippen LogP contribution in [0.5, 0.6) is 5.75 Å². The van der Waals surface area contributed by atoms with Gasteiger partial charge in [0.1, 0.15) is 11.9 Å². The van der Waals surface area contributed by atoms with E-state index in [2.05, 4.69) is 36.9 Å². The van der Waals surface area contributed by atoms with E-state index < -0.39 is 0 Å². The maximum Gasteiger partial charge on any atom is 0.122 e. The highest BCUT2D eigenvalue weighted by Crippen LogP contribution is 2.23. The Kier molecular flexibility index (Phi) is 5.23. The summed E-state index contributed by atoms with van der Waals surface area (Å²) in [4.78, 5) is 2.52. The number of hydrogen-bond donors (Lipinski definition) is 1. The van der Waals surface area contributed by atoms with E-state index in [-0.39, 0.29) is 0 Å². The molecule has 0 unspecified atom stereocenters. The third-order valence-electron chi connectivity index (χ3n) is 3.89. The lowest BCUT2D eigenvalue weighted by molar-refractivity contribution is 0.0837. The van der Waals surface area contributed by atoms with Gasteiger partial charge in [0.2, 0.25) is 0 Å². The molecule has 1 saturated heterocycles. The SMILES string of the molecule is CC(C)N1CCC(Oc2ccccc2CCN)CC1. The summed E-state index contributed by atoms with van der Waals surface area (Å²) in [6.07, 6.45) is 3.49. The molecule has 0 atom stereocenters. The Morgan fingerprint density at radius 3 is 2.58 bits per heavy atom. The van der Waals surface area contributed by atoms with Gasteiger partial charge < -0.3 is 15.4 Å². The zero-order valence-corrected chi connectivity index (χ0v) is 12.1. The van der Waals surface area contributed by atoms with Gasteiger partial charge >= 0.3 is 0 Å². The van der Waals surface area contributed by atoms with E-state index in [0.29, 0.717) is 18.7 Å². The molecule has 2 N–H and O–H groups in total. The normalized spacial score (nSPS) is 17.9. The van der Waals surface area contributed by atoms with Crippen LogP contribution in [0.3, 0.4) is 0 Å². The van der Waals surface area contributed by atoms with Gasteiger partial charge in [-0.05, 0) is 51.3 Å². The summed E-state index contributed by atoms with van der Waals surface area (Å²) in [5, 5.41) is 0. The van der Waals surface area contributed by atoms with Gasteiger partial charge in [0.05, 0.1) is 0 Å². The van der Waals surface area contributed by atoms with Crippen LogP contribution in [0.25, 0.3) is 0 Å². The van der Waals surface area contributed by atoms with Gasteiger partial charge in [0.25, 0.3) is 0 Å². The maximum absolute atomic E-state index is 6.18. The Bertz CT molecular complexity index is 384. The van der Waals surface area contributed by atoms with Crippen LogP contribution in [0.2, 0.25) is 0 Å².